The van der Waals surface area contributed by atoms with E-state index in [0.29, 0.717) is 6.29 Å². The molecule has 1 aromatic rings. The van der Waals surface area contributed by atoms with Gasteiger partial charge < -0.3 is 35.5 Å². The van der Waals surface area contributed by atoms with Crippen molar-refractivity contribution in [1.29, 1.82) is 0 Å². The third kappa shape index (κ3) is 3.54. The molecule has 1 aliphatic rings. The van der Waals surface area contributed by atoms with Gasteiger partial charge in [-0.1, -0.05) is 11.8 Å². The SMILES string of the molecule is CSc1nc(N[C@@H]2O[C@@H](CO)[C@@H](O)[C@@H](O)[C@H]2O)c(C=O)c(=O)[nH]1. The van der Waals surface area contributed by atoms with Crippen molar-refractivity contribution in [2.45, 2.75) is 35.8 Å². The van der Waals surface area contributed by atoms with E-state index in [4.69, 9.17) is 9.84 Å². The van der Waals surface area contributed by atoms with Crippen LogP contribution in [0.2, 0.25) is 0 Å². The van der Waals surface area contributed by atoms with Crippen LogP contribution in [-0.4, -0.2) is 80.2 Å². The fourth-order valence-corrected chi connectivity index (χ4v) is 2.51. The van der Waals surface area contributed by atoms with Gasteiger partial charge in [0.2, 0.25) is 0 Å². The van der Waals surface area contributed by atoms with Gasteiger partial charge in [0, 0.05) is 0 Å². The molecular formula is C12H17N3O7S. The van der Waals surface area contributed by atoms with Crippen LogP contribution in [0, 0.1) is 0 Å². The van der Waals surface area contributed by atoms with Gasteiger partial charge in [-0.15, -0.1) is 0 Å². The van der Waals surface area contributed by atoms with Crippen molar-refractivity contribution in [2.24, 2.45) is 0 Å². The van der Waals surface area contributed by atoms with Gasteiger partial charge in [-0.3, -0.25) is 9.59 Å². The highest BCUT2D eigenvalue weighted by molar-refractivity contribution is 7.98. The first-order valence-corrected chi connectivity index (χ1v) is 7.86. The van der Waals surface area contributed by atoms with Gasteiger partial charge in [-0.25, -0.2) is 4.98 Å². The van der Waals surface area contributed by atoms with Gasteiger partial charge in [0.15, 0.2) is 17.7 Å². The molecule has 10 nitrogen and oxygen atoms in total. The Balaban J connectivity index is 2.32. The fraction of sp³-hybridized carbons (Fsp3) is 0.583. The second kappa shape index (κ2) is 7.38. The van der Waals surface area contributed by atoms with Crippen LogP contribution in [0.5, 0.6) is 0 Å². The molecule has 0 unspecified atom stereocenters. The Kier molecular flexibility index (Phi) is 5.73. The van der Waals surface area contributed by atoms with Crippen LogP contribution in [0.15, 0.2) is 9.95 Å². The molecule has 2 heterocycles. The Morgan fingerprint density at radius 3 is 2.61 bits per heavy atom. The summed E-state index contributed by atoms with van der Waals surface area (Å²) in [6.07, 6.45) is -5.10. The maximum atomic E-state index is 11.8. The minimum atomic E-state index is -1.58. The maximum absolute atomic E-state index is 11.8. The zero-order chi connectivity index (χ0) is 17.1. The summed E-state index contributed by atoms with van der Waals surface area (Å²) >= 11 is 1.13. The molecule has 0 aliphatic carbocycles. The first-order chi connectivity index (χ1) is 10.9. The number of ether oxygens (including phenoxy) is 1. The summed E-state index contributed by atoms with van der Waals surface area (Å²) in [5.41, 5.74) is -0.980. The first-order valence-electron chi connectivity index (χ1n) is 6.63. The maximum Gasteiger partial charge on any atom is 0.264 e. The average molecular weight is 347 g/mol. The van der Waals surface area contributed by atoms with E-state index in [2.05, 4.69) is 15.3 Å². The van der Waals surface area contributed by atoms with Crippen LogP contribution < -0.4 is 10.9 Å². The van der Waals surface area contributed by atoms with Gasteiger partial charge in [0.1, 0.15) is 35.8 Å². The zero-order valence-corrected chi connectivity index (χ0v) is 12.9. The van der Waals surface area contributed by atoms with E-state index >= 15 is 0 Å². The number of carbonyl (C=O) groups is 1. The second-order valence-corrected chi connectivity index (χ2v) is 5.64. The van der Waals surface area contributed by atoms with Crippen LogP contribution in [-0.2, 0) is 4.74 Å². The van der Waals surface area contributed by atoms with Crippen molar-refractivity contribution in [1.82, 2.24) is 9.97 Å². The molecule has 1 fully saturated rings. The van der Waals surface area contributed by atoms with E-state index in [-0.39, 0.29) is 16.5 Å². The summed E-state index contributed by atoms with van der Waals surface area (Å²) in [5.74, 6) is -0.141. The van der Waals surface area contributed by atoms with Crippen LogP contribution in [0.3, 0.4) is 0 Å². The largest absolute Gasteiger partial charge is 0.394 e. The summed E-state index contributed by atoms with van der Waals surface area (Å²) in [5, 5.41) is 41.3. The molecule has 0 aromatic carbocycles. The van der Waals surface area contributed by atoms with E-state index in [0.717, 1.165) is 11.8 Å². The first kappa shape index (κ1) is 17.8. The van der Waals surface area contributed by atoms with Crippen LogP contribution in [0.25, 0.3) is 0 Å². The van der Waals surface area contributed by atoms with Crippen molar-refractivity contribution < 1.29 is 30.0 Å². The van der Waals surface area contributed by atoms with Gasteiger partial charge in [-0.2, -0.15) is 0 Å². The number of hydrogen-bond donors (Lipinski definition) is 6. The van der Waals surface area contributed by atoms with E-state index in [1.807, 2.05) is 0 Å². The topological polar surface area (TPSA) is 165 Å². The molecule has 11 heteroatoms. The lowest BCUT2D eigenvalue weighted by atomic mass is 9.98. The summed E-state index contributed by atoms with van der Waals surface area (Å²) in [7, 11) is 0. The smallest absolute Gasteiger partial charge is 0.264 e. The highest BCUT2D eigenvalue weighted by atomic mass is 32.2. The molecule has 0 amide bonds. The second-order valence-electron chi connectivity index (χ2n) is 4.85. The number of thioether (sulfide) groups is 1. The Labute approximate surface area is 134 Å². The number of nitrogens with zero attached hydrogens (tertiary/aromatic N) is 1. The number of aldehydes is 1. The molecule has 0 radical (unpaired) electrons. The van der Waals surface area contributed by atoms with E-state index in [9.17, 15) is 24.9 Å². The van der Waals surface area contributed by atoms with Crippen LogP contribution >= 0.6 is 11.8 Å². The van der Waals surface area contributed by atoms with Gasteiger partial charge in [-0.05, 0) is 6.26 Å². The van der Waals surface area contributed by atoms with Crippen molar-refractivity contribution in [3.05, 3.63) is 15.9 Å². The number of aliphatic hydroxyl groups excluding tert-OH is 4. The lowest BCUT2D eigenvalue weighted by Gasteiger charge is -2.40. The minimum Gasteiger partial charge on any atom is -0.394 e. The summed E-state index contributed by atoms with van der Waals surface area (Å²) in [4.78, 5) is 29.3. The van der Waals surface area contributed by atoms with Gasteiger partial charge in [0.25, 0.3) is 5.56 Å². The lowest BCUT2D eigenvalue weighted by molar-refractivity contribution is -0.221. The van der Waals surface area contributed by atoms with Crippen molar-refractivity contribution >= 4 is 23.9 Å². The number of H-pyrrole nitrogens is 1. The zero-order valence-electron chi connectivity index (χ0n) is 12.0. The predicted octanol–water partition coefficient (Wildman–Crippen LogP) is -2.48. The van der Waals surface area contributed by atoms with Crippen molar-refractivity contribution in [2.75, 3.05) is 18.2 Å². The molecule has 0 saturated carbocycles. The molecule has 0 spiro atoms. The molecule has 0 bridgehead atoms. The predicted molar refractivity (Wildman–Crippen MR) is 79.4 cm³/mol. The van der Waals surface area contributed by atoms with E-state index in [1.165, 1.54) is 0 Å². The summed E-state index contributed by atoms with van der Waals surface area (Å²) < 4.78 is 5.25. The number of anilines is 1. The molecule has 5 atom stereocenters. The number of carbonyl (C=O) groups excluding carboxylic acids is 1. The fourth-order valence-electron chi connectivity index (χ4n) is 2.13. The van der Waals surface area contributed by atoms with Crippen molar-refractivity contribution in [3.8, 4) is 0 Å². The van der Waals surface area contributed by atoms with Gasteiger partial charge in [0.05, 0.1) is 6.61 Å². The normalized spacial score (nSPS) is 30.9. The molecule has 2 rings (SSSR count). The van der Waals surface area contributed by atoms with Crippen LogP contribution in [0.4, 0.5) is 5.82 Å². The van der Waals surface area contributed by atoms with Gasteiger partial charge >= 0.3 is 0 Å². The lowest BCUT2D eigenvalue weighted by Crippen LogP contribution is -2.60. The van der Waals surface area contributed by atoms with E-state index in [1.54, 1.807) is 6.26 Å². The quantitative estimate of drug-likeness (QED) is 0.191. The minimum absolute atomic E-state index is 0.141. The molecule has 1 saturated heterocycles. The standard InChI is InChI=1S/C12H17N3O7S/c1-23-12-14-9(4(2-16)10(21)15-12)13-11-8(20)7(19)6(18)5(3-17)22-11/h2,5-8,11,17-20H,3H2,1H3,(H2,13,14,15,21)/t5-,6+,7+,8+,11+/m0/s1. The summed E-state index contributed by atoms with van der Waals surface area (Å²) in [6, 6.07) is 0. The Bertz CT molecular complexity index is 623. The number of aromatic amines is 1. The highest BCUT2D eigenvalue weighted by Gasteiger charge is 2.43. The third-order valence-corrected chi connectivity index (χ3v) is 4.00. The Morgan fingerprint density at radius 2 is 2.04 bits per heavy atom. The third-order valence-electron chi connectivity index (χ3n) is 3.42. The molecule has 1 aromatic heterocycles. The molecule has 6 N–H and O–H groups in total. The molecule has 1 aliphatic heterocycles. The monoisotopic (exact) mass is 347 g/mol. The molecular weight excluding hydrogens is 330 g/mol. The number of nitrogens with one attached hydrogen (secondary N) is 2. The number of hydrogen-bond acceptors (Lipinski definition) is 10. The summed E-state index contributed by atoms with van der Waals surface area (Å²) in [6.45, 7) is -0.595. The van der Waals surface area contributed by atoms with Crippen molar-refractivity contribution in [3.63, 3.8) is 0 Å². The number of aromatic nitrogens is 2. The van der Waals surface area contributed by atoms with E-state index < -0.39 is 42.8 Å². The highest BCUT2D eigenvalue weighted by Crippen LogP contribution is 2.23. The number of rotatable bonds is 5. The Morgan fingerprint density at radius 1 is 1.35 bits per heavy atom. The number of aliphatic hydroxyl groups is 4. The van der Waals surface area contributed by atoms with Crippen LogP contribution in [0.1, 0.15) is 10.4 Å². The average Bonchev–Trinajstić information content (AvgIpc) is 2.54. The molecule has 23 heavy (non-hydrogen) atoms. The Hall–Kier alpha value is -1.50. The molecule has 128 valence electrons.